The number of anilines is 3. The number of amides is 2. The number of benzene rings is 2. The van der Waals surface area contributed by atoms with Crippen LogP contribution in [-0.4, -0.2) is 42.8 Å². The van der Waals surface area contributed by atoms with E-state index in [1.165, 1.54) is 48.8 Å². The second-order valence-electron chi connectivity index (χ2n) is 7.62. The van der Waals surface area contributed by atoms with Crippen molar-refractivity contribution in [3.05, 3.63) is 83.3 Å². The lowest BCUT2D eigenvalue weighted by atomic mass is 10.1. The predicted molar refractivity (Wildman–Crippen MR) is 135 cm³/mol. The maximum Gasteiger partial charge on any atom is 0.340 e. The van der Waals surface area contributed by atoms with Crippen molar-refractivity contribution in [1.29, 1.82) is 0 Å². The number of nitrogens with one attached hydrogen (secondary N) is 2. The van der Waals surface area contributed by atoms with E-state index < -0.39 is 27.8 Å². The van der Waals surface area contributed by atoms with E-state index in [0.717, 1.165) is 4.90 Å². The van der Waals surface area contributed by atoms with Crippen LogP contribution >= 0.6 is 11.6 Å². The van der Waals surface area contributed by atoms with Crippen molar-refractivity contribution in [3.63, 3.8) is 0 Å². The fourth-order valence-corrected chi connectivity index (χ4v) is 4.51. The van der Waals surface area contributed by atoms with Crippen molar-refractivity contribution in [3.8, 4) is 0 Å². The van der Waals surface area contributed by atoms with E-state index >= 15 is 0 Å². The molecule has 0 saturated heterocycles. The smallest absolute Gasteiger partial charge is 0.340 e. The minimum atomic E-state index is -3.97. The Labute approximate surface area is 217 Å². The quantitative estimate of drug-likeness (QED) is 0.307. The summed E-state index contributed by atoms with van der Waals surface area (Å²) in [5, 5.41) is 2.37. The highest BCUT2D eigenvalue weighted by atomic mass is 35.5. The maximum absolute atomic E-state index is 13.2. The molecule has 3 aromatic rings. The van der Waals surface area contributed by atoms with Crippen LogP contribution in [0.25, 0.3) is 0 Å². The van der Waals surface area contributed by atoms with Gasteiger partial charge in [-0.15, -0.1) is 0 Å². The van der Waals surface area contributed by atoms with E-state index in [0.29, 0.717) is 12.1 Å². The van der Waals surface area contributed by atoms with Gasteiger partial charge in [0.05, 0.1) is 22.8 Å². The second kappa shape index (κ2) is 10.8. The molecule has 0 fully saturated rings. The van der Waals surface area contributed by atoms with Crippen LogP contribution in [0.15, 0.2) is 82.6 Å². The van der Waals surface area contributed by atoms with Gasteiger partial charge in [-0.2, -0.15) is 0 Å². The average molecular weight is 542 g/mol. The van der Waals surface area contributed by atoms with E-state index in [1.54, 1.807) is 18.2 Å². The molecule has 13 heteroatoms. The van der Waals surface area contributed by atoms with Gasteiger partial charge in [0.15, 0.2) is 0 Å². The van der Waals surface area contributed by atoms with Crippen molar-refractivity contribution >= 4 is 56.7 Å². The van der Waals surface area contributed by atoms with Gasteiger partial charge in [-0.1, -0.05) is 30.7 Å². The van der Waals surface area contributed by atoms with Crippen LogP contribution < -0.4 is 14.9 Å². The Balaban J connectivity index is 1.54. The molecule has 2 amide bonds. The molecule has 2 aromatic carbocycles. The zero-order chi connectivity index (χ0) is 26.6. The SMILES string of the molecule is CCCOC(=O)c1ccccc1N1C(=O)C(Cl)=C(Nc2ccc(S(=O)(=O)Nc3ncccn3)cc2)C1=O. The summed E-state index contributed by atoms with van der Waals surface area (Å²) in [6.07, 6.45) is 3.39. The van der Waals surface area contributed by atoms with Crippen LogP contribution in [-0.2, 0) is 24.3 Å². The number of nitrogens with zero attached hydrogens (tertiary/aromatic N) is 3. The molecule has 1 aliphatic heterocycles. The number of imide groups is 1. The first-order valence-corrected chi connectivity index (χ1v) is 12.8. The Morgan fingerprint density at radius 2 is 1.68 bits per heavy atom. The highest BCUT2D eigenvalue weighted by molar-refractivity contribution is 7.92. The molecule has 1 aliphatic rings. The summed E-state index contributed by atoms with van der Waals surface area (Å²) in [5.41, 5.74) is 0.133. The Kier molecular flexibility index (Phi) is 7.50. The molecular weight excluding hydrogens is 522 g/mol. The van der Waals surface area contributed by atoms with Gasteiger partial charge in [-0.25, -0.2) is 32.8 Å². The van der Waals surface area contributed by atoms with Crippen LogP contribution in [0.1, 0.15) is 23.7 Å². The lowest BCUT2D eigenvalue weighted by Crippen LogP contribution is -2.33. The number of hydrogen-bond acceptors (Lipinski definition) is 9. The van der Waals surface area contributed by atoms with Crippen molar-refractivity contribution in [1.82, 2.24) is 9.97 Å². The molecule has 37 heavy (non-hydrogen) atoms. The van der Waals surface area contributed by atoms with Gasteiger partial charge in [0.1, 0.15) is 10.7 Å². The molecular formula is C24H20ClN5O6S. The number of rotatable bonds is 9. The molecule has 0 bridgehead atoms. The number of sulfonamides is 1. The summed E-state index contributed by atoms with van der Waals surface area (Å²) >= 11 is 6.20. The molecule has 0 spiro atoms. The molecule has 0 saturated carbocycles. The normalized spacial score (nSPS) is 13.6. The molecule has 0 unspecified atom stereocenters. The number of halogens is 1. The van der Waals surface area contributed by atoms with Gasteiger partial charge in [0.2, 0.25) is 5.95 Å². The van der Waals surface area contributed by atoms with Gasteiger partial charge in [0.25, 0.3) is 21.8 Å². The molecule has 0 aliphatic carbocycles. The number of aromatic nitrogens is 2. The molecule has 2 heterocycles. The predicted octanol–water partition coefficient (Wildman–Crippen LogP) is 3.28. The molecule has 4 rings (SSSR count). The number of hydrogen-bond donors (Lipinski definition) is 2. The van der Waals surface area contributed by atoms with Crippen molar-refractivity contribution in [2.45, 2.75) is 18.2 Å². The zero-order valence-corrected chi connectivity index (χ0v) is 20.9. The topological polar surface area (TPSA) is 148 Å². The monoisotopic (exact) mass is 541 g/mol. The van der Waals surface area contributed by atoms with E-state index in [1.807, 2.05) is 6.92 Å². The Hall–Kier alpha value is -4.29. The van der Waals surface area contributed by atoms with Crippen molar-refractivity contribution in [2.24, 2.45) is 0 Å². The molecule has 1 aromatic heterocycles. The number of para-hydroxylation sites is 1. The number of carbonyl (C=O) groups excluding carboxylic acids is 3. The third-order valence-corrected chi connectivity index (χ3v) is 6.75. The third-order valence-electron chi connectivity index (χ3n) is 5.05. The highest BCUT2D eigenvalue weighted by Crippen LogP contribution is 2.32. The first-order chi connectivity index (χ1) is 17.7. The molecule has 0 atom stereocenters. The minimum Gasteiger partial charge on any atom is -0.462 e. The summed E-state index contributed by atoms with van der Waals surface area (Å²) in [5.74, 6) is -2.38. The molecule has 0 radical (unpaired) electrons. The lowest BCUT2D eigenvalue weighted by Gasteiger charge is -2.18. The van der Waals surface area contributed by atoms with E-state index in [9.17, 15) is 22.8 Å². The van der Waals surface area contributed by atoms with Gasteiger partial charge < -0.3 is 10.1 Å². The van der Waals surface area contributed by atoms with Gasteiger partial charge >= 0.3 is 5.97 Å². The Morgan fingerprint density at radius 3 is 2.35 bits per heavy atom. The fourth-order valence-electron chi connectivity index (χ4n) is 3.34. The lowest BCUT2D eigenvalue weighted by molar-refractivity contribution is -0.120. The van der Waals surface area contributed by atoms with Crippen LogP contribution in [0.4, 0.5) is 17.3 Å². The summed E-state index contributed by atoms with van der Waals surface area (Å²) in [7, 11) is -3.97. The van der Waals surface area contributed by atoms with Crippen LogP contribution in [0.3, 0.4) is 0 Å². The summed E-state index contributed by atoms with van der Waals surface area (Å²) < 4.78 is 32.6. The van der Waals surface area contributed by atoms with E-state index in [-0.39, 0.29) is 39.4 Å². The van der Waals surface area contributed by atoms with Gasteiger partial charge in [-0.3, -0.25) is 9.59 Å². The largest absolute Gasteiger partial charge is 0.462 e. The number of esters is 1. The molecule has 11 nitrogen and oxygen atoms in total. The fraction of sp³-hybridized carbons (Fsp3) is 0.125. The first-order valence-electron chi connectivity index (χ1n) is 10.9. The number of ether oxygens (including phenoxy) is 1. The highest BCUT2D eigenvalue weighted by Gasteiger charge is 2.40. The zero-order valence-electron chi connectivity index (χ0n) is 19.3. The second-order valence-corrected chi connectivity index (χ2v) is 9.68. The maximum atomic E-state index is 13.2. The van der Waals surface area contributed by atoms with Crippen LogP contribution in [0, 0.1) is 0 Å². The molecule has 2 N–H and O–H groups in total. The van der Waals surface area contributed by atoms with E-state index in [2.05, 4.69) is 20.0 Å². The Bertz CT molecular complexity index is 1490. The minimum absolute atomic E-state index is 0.0317. The van der Waals surface area contributed by atoms with Crippen LogP contribution in [0.5, 0.6) is 0 Å². The van der Waals surface area contributed by atoms with Crippen molar-refractivity contribution < 1.29 is 27.5 Å². The average Bonchev–Trinajstić information content (AvgIpc) is 3.10. The summed E-state index contributed by atoms with van der Waals surface area (Å²) in [4.78, 5) is 46.9. The number of carbonyl (C=O) groups is 3. The first kappa shape index (κ1) is 25.8. The Morgan fingerprint density at radius 1 is 1.00 bits per heavy atom. The summed E-state index contributed by atoms with van der Waals surface area (Å²) in [6, 6.07) is 13.0. The van der Waals surface area contributed by atoms with Gasteiger partial charge in [0, 0.05) is 18.1 Å². The molecule has 190 valence electrons. The van der Waals surface area contributed by atoms with E-state index in [4.69, 9.17) is 16.3 Å². The third kappa shape index (κ3) is 5.44. The van der Waals surface area contributed by atoms with Gasteiger partial charge in [-0.05, 0) is 48.9 Å². The summed E-state index contributed by atoms with van der Waals surface area (Å²) in [6.45, 7) is 2.02. The van der Waals surface area contributed by atoms with Crippen molar-refractivity contribution in [2.75, 3.05) is 21.5 Å². The standard InChI is InChI=1S/C24H20ClN5O6S/c1-2-14-36-23(33)17-6-3-4-7-18(17)30-21(31)19(25)20(22(30)32)28-15-8-10-16(11-9-15)37(34,35)29-24-26-12-5-13-27-24/h3-13,28H,2,14H2,1H3,(H,26,27,29). The van der Waals surface area contributed by atoms with Crippen LogP contribution in [0.2, 0.25) is 0 Å².